The Morgan fingerprint density at radius 2 is 2.57 bits per heavy atom. The van der Waals surface area contributed by atoms with Crippen LogP contribution in [0, 0.1) is 0 Å². The van der Waals surface area contributed by atoms with Crippen molar-refractivity contribution in [3.05, 3.63) is 18.2 Å². The fourth-order valence-electron chi connectivity index (χ4n) is 1.98. The SMILES string of the molecule is CCCn1ccnc1C1(F)CCNC1. The second-order valence-electron chi connectivity index (χ2n) is 3.84. The molecule has 0 saturated carbocycles. The summed E-state index contributed by atoms with van der Waals surface area (Å²) >= 11 is 0. The third-order valence-corrected chi connectivity index (χ3v) is 2.68. The lowest BCUT2D eigenvalue weighted by molar-refractivity contribution is 0.172. The maximum atomic E-state index is 14.3. The predicted octanol–water partition coefficient (Wildman–Crippen LogP) is 1.45. The minimum atomic E-state index is -1.25. The van der Waals surface area contributed by atoms with E-state index in [1.54, 1.807) is 6.20 Å². The van der Waals surface area contributed by atoms with E-state index in [1.807, 2.05) is 10.8 Å². The minimum absolute atomic E-state index is 0.397. The molecule has 3 nitrogen and oxygen atoms in total. The van der Waals surface area contributed by atoms with Crippen molar-refractivity contribution < 1.29 is 4.39 Å². The molecule has 1 aromatic heterocycles. The number of hydrogen-bond donors (Lipinski definition) is 1. The summed E-state index contributed by atoms with van der Waals surface area (Å²) in [7, 11) is 0. The van der Waals surface area contributed by atoms with Crippen LogP contribution in [0.4, 0.5) is 4.39 Å². The summed E-state index contributed by atoms with van der Waals surface area (Å²) in [6, 6.07) is 0. The van der Waals surface area contributed by atoms with Gasteiger partial charge in [-0.15, -0.1) is 0 Å². The first-order valence-corrected chi connectivity index (χ1v) is 5.17. The van der Waals surface area contributed by atoms with E-state index in [4.69, 9.17) is 0 Å². The highest BCUT2D eigenvalue weighted by Crippen LogP contribution is 2.30. The Balaban J connectivity index is 2.25. The van der Waals surface area contributed by atoms with E-state index in [9.17, 15) is 4.39 Å². The highest BCUT2D eigenvalue weighted by molar-refractivity contribution is 5.09. The van der Waals surface area contributed by atoms with Crippen LogP contribution < -0.4 is 5.32 Å². The Morgan fingerprint density at radius 3 is 3.21 bits per heavy atom. The molecule has 1 unspecified atom stereocenters. The molecule has 78 valence electrons. The molecule has 0 aromatic carbocycles. The van der Waals surface area contributed by atoms with Gasteiger partial charge in [0, 0.05) is 31.9 Å². The molecule has 1 atom stereocenters. The van der Waals surface area contributed by atoms with Gasteiger partial charge in [0.15, 0.2) is 5.67 Å². The van der Waals surface area contributed by atoms with Crippen molar-refractivity contribution in [1.29, 1.82) is 0 Å². The van der Waals surface area contributed by atoms with E-state index in [0.717, 1.165) is 19.5 Å². The van der Waals surface area contributed by atoms with Gasteiger partial charge >= 0.3 is 0 Å². The molecular formula is C10H16FN3. The van der Waals surface area contributed by atoms with E-state index in [0.29, 0.717) is 18.8 Å². The van der Waals surface area contributed by atoms with E-state index >= 15 is 0 Å². The van der Waals surface area contributed by atoms with Gasteiger partial charge in [-0.1, -0.05) is 6.92 Å². The number of aryl methyl sites for hydroxylation is 1. The average molecular weight is 197 g/mol. The van der Waals surface area contributed by atoms with Gasteiger partial charge in [-0.3, -0.25) is 0 Å². The smallest absolute Gasteiger partial charge is 0.181 e. The molecule has 14 heavy (non-hydrogen) atoms. The lowest BCUT2D eigenvalue weighted by atomic mass is 10.1. The zero-order valence-corrected chi connectivity index (χ0v) is 8.46. The van der Waals surface area contributed by atoms with Crippen LogP contribution in [0.1, 0.15) is 25.6 Å². The van der Waals surface area contributed by atoms with E-state index in [1.165, 1.54) is 0 Å². The highest BCUT2D eigenvalue weighted by Gasteiger charge is 2.39. The lowest BCUT2D eigenvalue weighted by Crippen LogP contribution is -2.27. The molecule has 1 aliphatic rings. The third-order valence-electron chi connectivity index (χ3n) is 2.68. The minimum Gasteiger partial charge on any atom is -0.332 e. The van der Waals surface area contributed by atoms with Crippen LogP contribution in [0.25, 0.3) is 0 Å². The molecule has 0 aliphatic carbocycles. The fourth-order valence-corrected chi connectivity index (χ4v) is 1.98. The molecule has 0 bridgehead atoms. The number of halogens is 1. The number of imidazole rings is 1. The Labute approximate surface area is 83.3 Å². The Kier molecular flexibility index (Phi) is 2.54. The van der Waals surface area contributed by atoms with Crippen LogP contribution >= 0.6 is 0 Å². The molecule has 2 rings (SSSR count). The van der Waals surface area contributed by atoms with E-state index in [2.05, 4.69) is 17.2 Å². The predicted molar refractivity (Wildman–Crippen MR) is 52.8 cm³/mol. The summed E-state index contributed by atoms with van der Waals surface area (Å²) in [4.78, 5) is 4.14. The van der Waals surface area contributed by atoms with Gasteiger partial charge in [-0.05, 0) is 13.0 Å². The van der Waals surface area contributed by atoms with Crippen molar-refractivity contribution in [1.82, 2.24) is 14.9 Å². The molecule has 1 aliphatic heterocycles. The van der Waals surface area contributed by atoms with Crippen molar-refractivity contribution in [2.45, 2.75) is 32.0 Å². The zero-order chi connectivity index (χ0) is 10.0. The van der Waals surface area contributed by atoms with Gasteiger partial charge in [0.05, 0.1) is 0 Å². The summed E-state index contributed by atoms with van der Waals surface area (Å²) < 4.78 is 16.2. The topological polar surface area (TPSA) is 29.9 Å². The average Bonchev–Trinajstić information content (AvgIpc) is 2.75. The van der Waals surface area contributed by atoms with Gasteiger partial charge in [0.25, 0.3) is 0 Å². The first-order valence-electron chi connectivity index (χ1n) is 5.17. The van der Waals surface area contributed by atoms with Crippen molar-refractivity contribution >= 4 is 0 Å². The lowest BCUT2D eigenvalue weighted by Gasteiger charge is -2.18. The van der Waals surface area contributed by atoms with Crippen LogP contribution in [0.5, 0.6) is 0 Å². The van der Waals surface area contributed by atoms with Crippen molar-refractivity contribution in [3.8, 4) is 0 Å². The number of nitrogens with zero attached hydrogens (tertiary/aromatic N) is 2. The van der Waals surface area contributed by atoms with Gasteiger partial charge in [0.2, 0.25) is 0 Å². The molecule has 0 spiro atoms. The second-order valence-corrected chi connectivity index (χ2v) is 3.84. The Hall–Kier alpha value is -0.900. The van der Waals surface area contributed by atoms with Gasteiger partial charge in [-0.25, -0.2) is 9.37 Å². The quantitative estimate of drug-likeness (QED) is 0.794. The first-order chi connectivity index (χ1) is 6.76. The summed E-state index contributed by atoms with van der Waals surface area (Å²) in [5, 5.41) is 3.04. The molecule has 1 saturated heterocycles. The molecule has 2 heterocycles. The summed E-state index contributed by atoms with van der Waals surface area (Å²) in [5.74, 6) is 0.587. The monoisotopic (exact) mass is 197 g/mol. The standard InChI is InChI=1S/C10H16FN3/c1-2-6-14-7-5-13-9(14)10(11)3-4-12-8-10/h5,7,12H,2-4,6,8H2,1H3. The van der Waals surface area contributed by atoms with Crippen LogP contribution in [0.3, 0.4) is 0 Å². The Morgan fingerprint density at radius 1 is 1.71 bits per heavy atom. The fraction of sp³-hybridized carbons (Fsp3) is 0.700. The Bertz CT molecular complexity index is 302. The summed E-state index contributed by atoms with van der Waals surface area (Å²) in [5.41, 5.74) is -1.25. The number of aromatic nitrogens is 2. The molecule has 4 heteroatoms. The number of rotatable bonds is 3. The number of hydrogen-bond acceptors (Lipinski definition) is 2. The molecule has 1 fully saturated rings. The maximum Gasteiger partial charge on any atom is 0.181 e. The largest absolute Gasteiger partial charge is 0.332 e. The second kappa shape index (κ2) is 3.69. The van der Waals surface area contributed by atoms with E-state index in [-0.39, 0.29) is 0 Å². The molecule has 1 N–H and O–H groups in total. The zero-order valence-electron chi connectivity index (χ0n) is 8.46. The van der Waals surface area contributed by atoms with Crippen LogP contribution in [-0.2, 0) is 12.2 Å². The molecule has 0 radical (unpaired) electrons. The molecule has 0 amide bonds. The normalized spacial score (nSPS) is 27.0. The number of nitrogens with one attached hydrogen (secondary N) is 1. The van der Waals surface area contributed by atoms with Crippen molar-refractivity contribution in [2.24, 2.45) is 0 Å². The van der Waals surface area contributed by atoms with Crippen LogP contribution in [-0.4, -0.2) is 22.6 Å². The molecular weight excluding hydrogens is 181 g/mol. The molecule has 1 aromatic rings. The van der Waals surface area contributed by atoms with Crippen molar-refractivity contribution in [3.63, 3.8) is 0 Å². The highest BCUT2D eigenvalue weighted by atomic mass is 19.1. The van der Waals surface area contributed by atoms with Crippen molar-refractivity contribution in [2.75, 3.05) is 13.1 Å². The van der Waals surface area contributed by atoms with Crippen LogP contribution in [0.2, 0.25) is 0 Å². The first kappa shape index (κ1) is 9.65. The summed E-state index contributed by atoms with van der Waals surface area (Å²) in [6.07, 6.45) is 5.09. The third kappa shape index (κ3) is 1.54. The summed E-state index contributed by atoms with van der Waals surface area (Å²) in [6.45, 7) is 4.08. The van der Waals surface area contributed by atoms with E-state index < -0.39 is 5.67 Å². The van der Waals surface area contributed by atoms with Gasteiger partial charge in [0.1, 0.15) is 5.82 Å². The number of alkyl halides is 1. The van der Waals surface area contributed by atoms with Crippen LogP contribution in [0.15, 0.2) is 12.4 Å². The van der Waals surface area contributed by atoms with Gasteiger partial charge in [-0.2, -0.15) is 0 Å². The maximum absolute atomic E-state index is 14.3. The van der Waals surface area contributed by atoms with Gasteiger partial charge < -0.3 is 9.88 Å².